The van der Waals surface area contributed by atoms with Gasteiger partial charge in [-0.1, -0.05) is 26.0 Å². The van der Waals surface area contributed by atoms with Crippen molar-refractivity contribution in [3.05, 3.63) is 29.8 Å². The molecule has 1 aliphatic rings. The van der Waals surface area contributed by atoms with Crippen LogP contribution >= 0.6 is 0 Å². The smallest absolute Gasteiger partial charge is 0.119 e. The standard InChI is InChI=1S/C18H30N2O/c1-14(2)10-17-13-20(15(3)8-9-19-17)12-16-6-5-7-18(11-16)21-4/h5-7,11,14-15,17,19H,8-10,12-13H2,1-4H3. The molecule has 0 spiro atoms. The normalized spacial score (nSPS) is 24.0. The van der Waals surface area contributed by atoms with Gasteiger partial charge in [-0.25, -0.2) is 0 Å². The average molecular weight is 290 g/mol. The van der Waals surface area contributed by atoms with E-state index in [-0.39, 0.29) is 0 Å². The SMILES string of the molecule is COc1cccc(CN2CC(CC(C)C)NCCC2C)c1. The molecule has 0 aromatic heterocycles. The van der Waals surface area contributed by atoms with Crippen LogP contribution in [0.2, 0.25) is 0 Å². The number of hydrogen-bond acceptors (Lipinski definition) is 3. The Morgan fingerprint density at radius 2 is 2.19 bits per heavy atom. The average Bonchev–Trinajstić information content (AvgIpc) is 2.61. The van der Waals surface area contributed by atoms with Gasteiger partial charge in [0.1, 0.15) is 5.75 Å². The van der Waals surface area contributed by atoms with Crippen LogP contribution in [0.1, 0.15) is 39.2 Å². The molecule has 1 N–H and O–H groups in total. The molecular formula is C18H30N2O. The molecule has 1 aliphatic heterocycles. The fourth-order valence-corrected chi connectivity index (χ4v) is 3.16. The fourth-order valence-electron chi connectivity index (χ4n) is 3.16. The predicted molar refractivity (Wildman–Crippen MR) is 88.7 cm³/mol. The lowest BCUT2D eigenvalue weighted by Gasteiger charge is -2.29. The van der Waals surface area contributed by atoms with Crippen molar-refractivity contribution in [3.8, 4) is 5.75 Å². The van der Waals surface area contributed by atoms with E-state index >= 15 is 0 Å². The lowest BCUT2D eigenvalue weighted by atomic mass is 10.0. The summed E-state index contributed by atoms with van der Waals surface area (Å²) in [5.74, 6) is 1.70. The molecule has 2 unspecified atom stereocenters. The van der Waals surface area contributed by atoms with E-state index in [2.05, 4.69) is 49.2 Å². The fraction of sp³-hybridized carbons (Fsp3) is 0.667. The van der Waals surface area contributed by atoms with Crippen molar-refractivity contribution < 1.29 is 4.74 Å². The molecule has 0 saturated carbocycles. The van der Waals surface area contributed by atoms with Crippen molar-refractivity contribution in [1.82, 2.24) is 10.2 Å². The van der Waals surface area contributed by atoms with Gasteiger partial charge >= 0.3 is 0 Å². The Morgan fingerprint density at radius 3 is 2.90 bits per heavy atom. The van der Waals surface area contributed by atoms with Gasteiger partial charge in [-0.05, 0) is 49.9 Å². The van der Waals surface area contributed by atoms with Gasteiger partial charge in [-0.2, -0.15) is 0 Å². The molecule has 1 aromatic carbocycles. The first-order chi connectivity index (χ1) is 10.1. The zero-order chi connectivity index (χ0) is 15.2. The Kier molecular flexibility index (Phi) is 6.07. The van der Waals surface area contributed by atoms with Crippen LogP contribution in [0.3, 0.4) is 0 Å². The van der Waals surface area contributed by atoms with Gasteiger partial charge in [0.2, 0.25) is 0 Å². The topological polar surface area (TPSA) is 24.5 Å². The maximum atomic E-state index is 5.34. The second-order valence-corrected chi connectivity index (χ2v) is 6.70. The number of nitrogens with one attached hydrogen (secondary N) is 1. The molecule has 1 heterocycles. The van der Waals surface area contributed by atoms with Gasteiger partial charge < -0.3 is 10.1 Å². The largest absolute Gasteiger partial charge is 0.497 e. The first kappa shape index (κ1) is 16.3. The van der Waals surface area contributed by atoms with Crippen molar-refractivity contribution in [2.24, 2.45) is 5.92 Å². The lowest BCUT2D eigenvalue weighted by Crippen LogP contribution is -2.40. The highest BCUT2D eigenvalue weighted by atomic mass is 16.5. The summed E-state index contributed by atoms with van der Waals surface area (Å²) in [6, 6.07) is 9.69. The second-order valence-electron chi connectivity index (χ2n) is 6.70. The first-order valence-electron chi connectivity index (χ1n) is 8.19. The quantitative estimate of drug-likeness (QED) is 0.900. The van der Waals surface area contributed by atoms with Crippen molar-refractivity contribution in [2.45, 2.75) is 52.2 Å². The van der Waals surface area contributed by atoms with E-state index in [9.17, 15) is 0 Å². The number of hydrogen-bond donors (Lipinski definition) is 1. The molecule has 118 valence electrons. The highest BCUT2D eigenvalue weighted by Gasteiger charge is 2.23. The van der Waals surface area contributed by atoms with Crippen LogP contribution in [0.15, 0.2) is 24.3 Å². The third kappa shape index (κ3) is 5.01. The van der Waals surface area contributed by atoms with Gasteiger partial charge in [0.05, 0.1) is 7.11 Å². The van der Waals surface area contributed by atoms with E-state index in [1.54, 1.807) is 7.11 Å². The first-order valence-corrected chi connectivity index (χ1v) is 8.19. The summed E-state index contributed by atoms with van der Waals surface area (Å²) in [4.78, 5) is 2.61. The summed E-state index contributed by atoms with van der Waals surface area (Å²) < 4.78 is 5.34. The Hall–Kier alpha value is -1.06. The summed E-state index contributed by atoms with van der Waals surface area (Å²) in [7, 11) is 1.73. The zero-order valence-corrected chi connectivity index (χ0v) is 13.9. The van der Waals surface area contributed by atoms with Gasteiger partial charge in [0.25, 0.3) is 0 Å². The molecule has 0 aliphatic carbocycles. The van der Waals surface area contributed by atoms with E-state index in [0.29, 0.717) is 12.1 Å². The van der Waals surface area contributed by atoms with Crippen molar-refractivity contribution in [2.75, 3.05) is 20.2 Å². The minimum Gasteiger partial charge on any atom is -0.497 e. The molecule has 0 radical (unpaired) electrons. The van der Waals surface area contributed by atoms with Gasteiger partial charge in [0.15, 0.2) is 0 Å². The summed E-state index contributed by atoms with van der Waals surface area (Å²) in [5, 5.41) is 3.72. The third-order valence-electron chi connectivity index (χ3n) is 4.35. The Bertz CT molecular complexity index is 433. The van der Waals surface area contributed by atoms with Crippen LogP contribution in [-0.2, 0) is 6.54 Å². The van der Waals surface area contributed by atoms with Crippen LogP contribution in [0, 0.1) is 5.92 Å². The van der Waals surface area contributed by atoms with Crippen molar-refractivity contribution in [3.63, 3.8) is 0 Å². The van der Waals surface area contributed by atoms with Crippen molar-refractivity contribution in [1.29, 1.82) is 0 Å². The molecule has 2 atom stereocenters. The highest BCUT2D eigenvalue weighted by Crippen LogP contribution is 2.19. The minimum atomic E-state index is 0.612. The van der Waals surface area contributed by atoms with Crippen LogP contribution in [0.25, 0.3) is 0 Å². The van der Waals surface area contributed by atoms with Gasteiger partial charge in [0, 0.05) is 25.2 Å². The molecule has 21 heavy (non-hydrogen) atoms. The minimum absolute atomic E-state index is 0.612. The molecule has 1 saturated heterocycles. The summed E-state index contributed by atoms with van der Waals surface area (Å²) >= 11 is 0. The summed E-state index contributed by atoms with van der Waals surface area (Å²) in [5.41, 5.74) is 1.34. The van der Waals surface area contributed by atoms with Crippen molar-refractivity contribution >= 4 is 0 Å². The maximum absolute atomic E-state index is 5.34. The highest BCUT2D eigenvalue weighted by molar-refractivity contribution is 5.28. The zero-order valence-electron chi connectivity index (χ0n) is 13.9. The molecule has 3 heteroatoms. The van der Waals surface area contributed by atoms with Crippen LogP contribution in [0.5, 0.6) is 5.75 Å². The molecule has 3 nitrogen and oxygen atoms in total. The van der Waals surface area contributed by atoms with Gasteiger partial charge in [-0.3, -0.25) is 4.90 Å². The molecule has 0 amide bonds. The van der Waals surface area contributed by atoms with E-state index in [0.717, 1.165) is 31.3 Å². The molecule has 2 rings (SSSR count). The van der Waals surface area contributed by atoms with E-state index in [1.807, 2.05) is 6.07 Å². The summed E-state index contributed by atoms with van der Waals surface area (Å²) in [6.07, 6.45) is 2.47. The molecule has 1 fully saturated rings. The number of nitrogens with zero attached hydrogens (tertiary/aromatic N) is 1. The Labute approximate surface area is 129 Å². The number of ether oxygens (including phenoxy) is 1. The van der Waals surface area contributed by atoms with Gasteiger partial charge in [-0.15, -0.1) is 0 Å². The maximum Gasteiger partial charge on any atom is 0.119 e. The number of methoxy groups -OCH3 is 1. The van der Waals surface area contributed by atoms with Crippen LogP contribution < -0.4 is 10.1 Å². The number of benzene rings is 1. The molecule has 1 aromatic rings. The van der Waals surface area contributed by atoms with Crippen LogP contribution in [-0.4, -0.2) is 37.2 Å². The van der Waals surface area contributed by atoms with Crippen LogP contribution in [0.4, 0.5) is 0 Å². The van der Waals surface area contributed by atoms with E-state index in [1.165, 1.54) is 18.4 Å². The summed E-state index contributed by atoms with van der Waals surface area (Å²) in [6.45, 7) is 10.2. The molecule has 0 bridgehead atoms. The van der Waals surface area contributed by atoms with E-state index < -0.39 is 0 Å². The molecular weight excluding hydrogens is 260 g/mol. The second kappa shape index (κ2) is 7.81. The Morgan fingerprint density at radius 1 is 1.38 bits per heavy atom. The van der Waals surface area contributed by atoms with E-state index in [4.69, 9.17) is 4.74 Å². The predicted octanol–water partition coefficient (Wildman–Crippen LogP) is 3.29. The lowest BCUT2D eigenvalue weighted by molar-refractivity contribution is 0.189. The monoisotopic (exact) mass is 290 g/mol. The number of rotatable bonds is 5. The third-order valence-corrected chi connectivity index (χ3v) is 4.35. The Balaban J connectivity index is 2.03.